The van der Waals surface area contributed by atoms with Crippen molar-refractivity contribution in [1.29, 1.82) is 0 Å². The van der Waals surface area contributed by atoms with Crippen molar-refractivity contribution >= 4 is 10.8 Å². The molecule has 16 heavy (non-hydrogen) atoms. The summed E-state index contributed by atoms with van der Waals surface area (Å²) >= 11 is 0. The Hall–Kier alpha value is -2.36. The topological polar surface area (TPSA) is 58.9 Å². The number of aromatic amines is 1. The van der Waals surface area contributed by atoms with E-state index in [0.29, 0.717) is 5.82 Å². The SMILES string of the molecule is O=c1[nH]c(-c2cccc3ccccc23)no1. The van der Waals surface area contributed by atoms with Crippen molar-refractivity contribution < 1.29 is 4.52 Å². The van der Waals surface area contributed by atoms with Crippen LogP contribution in [0.4, 0.5) is 0 Å². The minimum Gasteiger partial charge on any atom is -0.296 e. The van der Waals surface area contributed by atoms with Gasteiger partial charge in [-0.05, 0) is 10.8 Å². The second kappa shape index (κ2) is 3.34. The van der Waals surface area contributed by atoms with Crippen molar-refractivity contribution in [2.24, 2.45) is 0 Å². The summed E-state index contributed by atoms with van der Waals surface area (Å²) < 4.78 is 4.51. The van der Waals surface area contributed by atoms with Gasteiger partial charge in [-0.1, -0.05) is 47.6 Å². The Kier molecular flexibility index (Phi) is 1.86. The zero-order valence-corrected chi connectivity index (χ0v) is 8.31. The monoisotopic (exact) mass is 212 g/mol. The van der Waals surface area contributed by atoms with Crippen LogP contribution < -0.4 is 5.76 Å². The van der Waals surface area contributed by atoms with E-state index in [1.165, 1.54) is 0 Å². The van der Waals surface area contributed by atoms with E-state index >= 15 is 0 Å². The molecular formula is C12H8N2O2. The molecule has 0 atom stereocenters. The maximum absolute atomic E-state index is 10.9. The van der Waals surface area contributed by atoms with Crippen molar-refractivity contribution in [2.45, 2.75) is 0 Å². The van der Waals surface area contributed by atoms with Crippen LogP contribution in [0.3, 0.4) is 0 Å². The Morgan fingerprint density at radius 2 is 1.88 bits per heavy atom. The highest BCUT2D eigenvalue weighted by Crippen LogP contribution is 2.24. The van der Waals surface area contributed by atoms with Gasteiger partial charge in [0.15, 0.2) is 5.82 Å². The lowest BCUT2D eigenvalue weighted by Gasteiger charge is -2.01. The molecule has 0 aliphatic heterocycles. The van der Waals surface area contributed by atoms with Crippen LogP contribution >= 0.6 is 0 Å². The molecule has 0 aliphatic carbocycles. The molecule has 4 heteroatoms. The zero-order valence-electron chi connectivity index (χ0n) is 8.31. The molecule has 0 spiro atoms. The van der Waals surface area contributed by atoms with Gasteiger partial charge in [0.05, 0.1) is 0 Å². The van der Waals surface area contributed by atoms with E-state index in [-0.39, 0.29) is 0 Å². The molecule has 1 heterocycles. The van der Waals surface area contributed by atoms with Gasteiger partial charge in [-0.3, -0.25) is 9.51 Å². The van der Waals surface area contributed by atoms with Crippen LogP contribution in [0.5, 0.6) is 0 Å². The van der Waals surface area contributed by atoms with Crippen molar-refractivity contribution in [2.75, 3.05) is 0 Å². The van der Waals surface area contributed by atoms with Crippen LogP contribution in [0.1, 0.15) is 0 Å². The van der Waals surface area contributed by atoms with E-state index in [4.69, 9.17) is 0 Å². The Bertz CT molecular complexity index is 692. The molecule has 0 aliphatic rings. The first-order valence-electron chi connectivity index (χ1n) is 4.89. The first kappa shape index (κ1) is 8.91. The largest absolute Gasteiger partial charge is 0.439 e. The zero-order chi connectivity index (χ0) is 11.0. The number of aromatic nitrogens is 2. The van der Waals surface area contributed by atoms with Crippen molar-refractivity contribution in [3.05, 3.63) is 53.0 Å². The molecule has 0 unspecified atom stereocenters. The van der Waals surface area contributed by atoms with Gasteiger partial charge in [-0.25, -0.2) is 4.79 Å². The van der Waals surface area contributed by atoms with Gasteiger partial charge in [0.25, 0.3) is 0 Å². The second-order valence-electron chi connectivity index (χ2n) is 3.47. The molecule has 78 valence electrons. The van der Waals surface area contributed by atoms with Gasteiger partial charge in [0.1, 0.15) is 0 Å². The summed E-state index contributed by atoms with van der Waals surface area (Å²) in [4.78, 5) is 13.5. The average molecular weight is 212 g/mol. The summed E-state index contributed by atoms with van der Waals surface area (Å²) in [7, 11) is 0. The van der Waals surface area contributed by atoms with Gasteiger partial charge < -0.3 is 0 Å². The molecule has 0 fully saturated rings. The lowest BCUT2D eigenvalue weighted by atomic mass is 10.0. The summed E-state index contributed by atoms with van der Waals surface area (Å²) in [6.07, 6.45) is 0. The third-order valence-corrected chi connectivity index (χ3v) is 2.49. The molecular weight excluding hydrogens is 204 g/mol. The summed E-state index contributed by atoms with van der Waals surface area (Å²) in [5.41, 5.74) is 0.865. The highest BCUT2D eigenvalue weighted by molar-refractivity contribution is 5.94. The predicted octanol–water partition coefficient (Wildman–Crippen LogP) is 2.18. The number of benzene rings is 2. The van der Waals surface area contributed by atoms with Gasteiger partial charge in [0.2, 0.25) is 0 Å². The molecule has 0 saturated heterocycles. The maximum Gasteiger partial charge on any atom is 0.439 e. The smallest absolute Gasteiger partial charge is 0.296 e. The molecule has 1 N–H and O–H groups in total. The molecule has 0 saturated carbocycles. The van der Waals surface area contributed by atoms with E-state index in [1.807, 2.05) is 42.5 Å². The van der Waals surface area contributed by atoms with Crippen LogP contribution in [-0.4, -0.2) is 10.1 Å². The van der Waals surface area contributed by atoms with E-state index < -0.39 is 5.76 Å². The first-order valence-corrected chi connectivity index (χ1v) is 4.89. The standard InChI is InChI=1S/C12H8N2O2/c15-12-13-11(14-16-12)10-7-3-5-8-4-1-2-6-9(8)10/h1-7H,(H,13,14,15). The fraction of sp³-hybridized carbons (Fsp3) is 0. The number of hydrogen-bond acceptors (Lipinski definition) is 3. The maximum atomic E-state index is 10.9. The highest BCUT2D eigenvalue weighted by Gasteiger charge is 2.07. The molecule has 0 amide bonds. The lowest BCUT2D eigenvalue weighted by Crippen LogP contribution is -1.95. The minimum absolute atomic E-state index is 0.460. The predicted molar refractivity (Wildman–Crippen MR) is 60.1 cm³/mol. The molecule has 0 bridgehead atoms. The van der Waals surface area contributed by atoms with Crippen LogP contribution in [0, 0.1) is 0 Å². The Labute approximate surface area is 90.5 Å². The van der Waals surface area contributed by atoms with Gasteiger partial charge in [0, 0.05) is 5.56 Å². The quantitative estimate of drug-likeness (QED) is 0.672. The number of hydrogen-bond donors (Lipinski definition) is 1. The number of fused-ring (bicyclic) bond motifs is 1. The van der Waals surface area contributed by atoms with E-state index in [9.17, 15) is 4.79 Å². The van der Waals surface area contributed by atoms with Crippen LogP contribution in [0.15, 0.2) is 51.8 Å². The number of nitrogens with zero attached hydrogens (tertiary/aromatic N) is 1. The van der Waals surface area contributed by atoms with E-state index in [1.54, 1.807) is 0 Å². The molecule has 4 nitrogen and oxygen atoms in total. The first-order chi connectivity index (χ1) is 7.84. The molecule has 1 aromatic heterocycles. The Balaban J connectivity index is 2.35. The lowest BCUT2D eigenvalue weighted by molar-refractivity contribution is 0.388. The van der Waals surface area contributed by atoms with Crippen LogP contribution in [0.2, 0.25) is 0 Å². The minimum atomic E-state index is -0.539. The van der Waals surface area contributed by atoms with Gasteiger partial charge in [-0.2, -0.15) is 0 Å². The Morgan fingerprint density at radius 1 is 1.06 bits per heavy atom. The molecule has 2 aromatic carbocycles. The van der Waals surface area contributed by atoms with Crippen LogP contribution in [0.25, 0.3) is 22.2 Å². The second-order valence-corrected chi connectivity index (χ2v) is 3.47. The molecule has 0 radical (unpaired) electrons. The van der Waals surface area contributed by atoms with Crippen molar-refractivity contribution in [3.8, 4) is 11.4 Å². The number of rotatable bonds is 1. The summed E-state index contributed by atoms with van der Waals surface area (Å²) in [6, 6.07) is 13.7. The van der Waals surface area contributed by atoms with Crippen molar-refractivity contribution in [1.82, 2.24) is 10.1 Å². The van der Waals surface area contributed by atoms with E-state index in [2.05, 4.69) is 14.7 Å². The Morgan fingerprint density at radius 3 is 2.69 bits per heavy atom. The van der Waals surface area contributed by atoms with Crippen LogP contribution in [-0.2, 0) is 0 Å². The fourth-order valence-electron chi connectivity index (χ4n) is 1.78. The third-order valence-electron chi connectivity index (χ3n) is 2.49. The van der Waals surface area contributed by atoms with Crippen molar-refractivity contribution in [3.63, 3.8) is 0 Å². The van der Waals surface area contributed by atoms with E-state index in [0.717, 1.165) is 16.3 Å². The average Bonchev–Trinajstić information content (AvgIpc) is 2.75. The summed E-state index contributed by atoms with van der Waals surface area (Å²) in [5, 5.41) is 5.83. The normalized spacial score (nSPS) is 10.8. The summed E-state index contributed by atoms with van der Waals surface area (Å²) in [5.74, 6) is -0.0789. The molecule has 3 aromatic rings. The number of nitrogens with one attached hydrogen (secondary N) is 1. The van der Waals surface area contributed by atoms with Gasteiger partial charge in [-0.15, -0.1) is 0 Å². The third kappa shape index (κ3) is 1.32. The van der Waals surface area contributed by atoms with Gasteiger partial charge >= 0.3 is 5.76 Å². The fourth-order valence-corrected chi connectivity index (χ4v) is 1.78. The number of H-pyrrole nitrogens is 1. The summed E-state index contributed by atoms with van der Waals surface area (Å²) in [6.45, 7) is 0. The highest BCUT2D eigenvalue weighted by atomic mass is 16.5. The molecule has 3 rings (SSSR count).